The predicted octanol–water partition coefficient (Wildman–Crippen LogP) is 0.598. The predicted molar refractivity (Wildman–Crippen MR) is 110 cm³/mol. The molecule has 0 saturated carbocycles. The highest BCUT2D eigenvalue weighted by molar-refractivity contribution is 14.0. The molecule has 1 unspecified atom stereocenters. The van der Waals surface area contributed by atoms with E-state index in [1.165, 1.54) is 5.69 Å². The Labute approximate surface area is 161 Å². The Hall–Kier alpha value is -1.07. The first-order valence-electron chi connectivity index (χ1n) is 7.70. The third kappa shape index (κ3) is 7.22. The molecular weight excluding hydrogens is 441 g/mol. The lowest BCUT2D eigenvalue weighted by atomic mass is 10.3. The second kappa shape index (κ2) is 10.0. The van der Waals surface area contributed by atoms with Crippen LogP contribution in [-0.4, -0.2) is 59.9 Å². The minimum Gasteiger partial charge on any atom is -0.369 e. The zero-order chi connectivity index (χ0) is 16.7. The summed E-state index contributed by atoms with van der Waals surface area (Å²) in [5.41, 5.74) is 1.23. The Balaban J connectivity index is 0.00000288. The molecule has 1 fully saturated rings. The van der Waals surface area contributed by atoms with Gasteiger partial charge in [0.05, 0.1) is 6.26 Å². The van der Waals surface area contributed by atoms with Gasteiger partial charge in [-0.25, -0.2) is 13.1 Å². The normalized spacial score (nSPS) is 18.2. The Kier molecular flexibility index (Phi) is 8.78. The van der Waals surface area contributed by atoms with E-state index < -0.39 is 10.0 Å². The van der Waals surface area contributed by atoms with E-state index in [1.54, 1.807) is 7.05 Å². The van der Waals surface area contributed by atoms with Crippen molar-refractivity contribution in [2.24, 2.45) is 4.99 Å². The highest BCUT2D eigenvalue weighted by Gasteiger charge is 2.23. The SMILES string of the molecule is CN=C(NCCNS(C)(=O)=O)NC1CCN(c2ccccc2)C1.I. The van der Waals surface area contributed by atoms with Gasteiger partial charge in [0.2, 0.25) is 10.0 Å². The maximum Gasteiger partial charge on any atom is 0.208 e. The van der Waals surface area contributed by atoms with Crippen molar-refractivity contribution in [1.29, 1.82) is 0 Å². The van der Waals surface area contributed by atoms with Crippen LogP contribution in [0.1, 0.15) is 6.42 Å². The van der Waals surface area contributed by atoms with Crippen LogP contribution in [0.2, 0.25) is 0 Å². The smallest absolute Gasteiger partial charge is 0.208 e. The number of aliphatic imine (C=N–C) groups is 1. The molecule has 3 N–H and O–H groups in total. The molecule has 0 radical (unpaired) electrons. The Morgan fingerprint density at radius 2 is 2.00 bits per heavy atom. The number of anilines is 1. The summed E-state index contributed by atoms with van der Waals surface area (Å²) in [4.78, 5) is 6.53. The van der Waals surface area contributed by atoms with E-state index in [-0.39, 0.29) is 24.0 Å². The Bertz CT molecular complexity index is 624. The minimum atomic E-state index is -3.15. The van der Waals surface area contributed by atoms with Gasteiger partial charge in [0, 0.05) is 45.0 Å². The molecule has 1 aromatic carbocycles. The van der Waals surface area contributed by atoms with Crippen molar-refractivity contribution in [1.82, 2.24) is 15.4 Å². The summed E-state index contributed by atoms with van der Waals surface area (Å²) in [6.45, 7) is 2.75. The van der Waals surface area contributed by atoms with E-state index in [1.807, 2.05) is 18.2 Å². The summed E-state index contributed by atoms with van der Waals surface area (Å²) < 4.78 is 24.5. The molecule has 2 rings (SSSR count). The first-order valence-corrected chi connectivity index (χ1v) is 9.59. The monoisotopic (exact) mass is 467 g/mol. The summed E-state index contributed by atoms with van der Waals surface area (Å²) in [5, 5.41) is 6.50. The van der Waals surface area contributed by atoms with Gasteiger partial charge in [-0.05, 0) is 18.6 Å². The average Bonchev–Trinajstić information content (AvgIpc) is 2.99. The van der Waals surface area contributed by atoms with Gasteiger partial charge in [-0.2, -0.15) is 0 Å². The van der Waals surface area contributed by atoms with Crippen molar-refractivity contribution in [3.63, 3.8) is 0 Å². The zero-order valence-electron chi connectivity index (χ0n) is 14.0. The van der Waals surface area contributed by atoms with Crippen LogP contribution < -0.4 is 20.3 Å². The molecule has 0 amide bonds. The van der Waals surface area contributed by atoms with Gasteiger partial charge in [0.15, 0.2) is 5.96 Å². The first kappa shape index (κ1) is 21.0. The molecule has 9 heteroatoms. The second-order valence-electron chi connectivity index (χ2n) is 5.58. The maximum atomic E-state index is 11.0. The fraction of sp³-hybridized carbons (Fsp3) is 0.533. The molecule has 0 aromatic heterocycles. The highest BCUT2D eigenvalue weighted by Crippen LogP contribution is 2.19. The van der Waals surface area contributed by atoms with Crippen LogP contribution in [0.3, 0.4) is 0 Å². The average molecular weight is 467 g/mol. The van der Waals surface area contributed by atoms with Gasteiger partial charge in [-0.1, -0.05) is 18.2 Å². The number of hydrogen-bond acceptors (Lipinski definition) is 4. The summed E-state index contributed by atoms with van der Waals surface area (Å²) in [6.07, 6.45) is 2.19. The third-order valence-corrected chi connectivity index (χ3v) is 4.38. The summed E-state index contributed by atoms with van der Waals surface area (Å²) in [6, 6.07) is 10.7. The van der Waals surface area contributed by atoms with Gasteiger partial charge in [-0.15, -0.1) is 24.0 Å². The van der Waals surface area contributed by atoms with Crippen LogP contribution in [0.15, 0.2) is 35.3 Å². The standard InChI is InChI=1S/C15H25N5O2S.HI/c1-16-15(17-9-10-18-23(2,21)22)19-13-8-11-20(12-13)14-6-4-3-5-7-14;/h3-7,13,18H,8-12H2,1-2H3,(H2,16,17,19);1H. The van der Waals surface area contributed by atoms with E-state index in [0.717, 1.165) is 25.8 Å². The van der Waals surface area contributed by atoms with Crippen molar-refractivity contribution in [2.75, 3.05) is 44.4 Å². The topological polar surface area (TPSA) is 85.8 Å². The number of benzene rings is 1. The van der Waals surface area contributed by atoms with E-state index >= 15 is 0 Å². The lowest BCUT2D eigenvalue weighted by Crippen LogP contribution is -2.46. The van der Waals surface area contributed by atoms with Gasteiger partial charge < -0.3 is 15.5 Å². The fourth-order valence-electron chi connectivity index (χ4n) is 2.56. The summed E-state index contributed by atoms with van der Waals surface area (Å²) in [7, 11) is -1.43. The van der Waals surface area contributed by atoms with Gasteiger partial charge in [0.1, 0.15) is 0 Å². The van der Waals surface area contributed by atoms with E-state index in [9.17, 15) is 8.42 Å². The van der Waals surface area contributed by atoms with Crippen molar-refractivity contribution < 1.29 is 8.42 Å². The van der Waals surface area contributed by atoms with E-state index in [4.69, 9.17) is 0 Å². The summed E-state index contributed by atoms with van der Waals surface area (Å²) in [5.74, 6) is 0.695. The number of sulfonamides is 1. The largest absolute Gasteiger partial charge is 0.369 e. The molecule has 1 saturated heterocycles. The Morgan fingerprint density at radius 1 is 1.29 bits per heavy atom. The second-order valence-corrected chi connectivity index (χ2v) is 7.41. The molecular formula is C15H26IN5O2S. The first-order chi connectivity index (χ1) is 11.0. The summed E-state index contributed by atoms with van der Waals surface area (Å²) >= 11 is 0. The van der Waals surface area contributed by atoms with Crippen LogP contribution in [0.25, 0.3) is 0 Å². The molecule has 1 aliphatic rings. The van der Waals surface area contributed by atoms with Crippen LogP contribution in [0, 0.1) is 0 Å². The number of hydrogen-bond donors (Lipinski definition) is 3. The molecule has 24 heavy (non-hydrogen) atoms. The van der Waals surface area contributed by atoms with Crippen LogP contribution in [0.5, 0.6) is 0 Å². The van der Waals surface area contributed by atoms with Crippen LogP contribution in [0.4, 0.5) is 5.69 Å². The minimum absolute atomic E-state index is 0. The lowest BCUT2D eigenvalue weighted by molar-refractivity contribution is 0.585. The molecule has 1 atom stereocenters. The van der Waals surface area contributed by atoms with Crippen molar-refractivity contribution in [2.45, 2.75) is 12.5 Å². The Morgan fingerprint density at radius 3 is 2.62 bits per heavy atom. The number of nitrogens with one attached hydrogen (secondary N) is 3. The number of guanidine groups is 1. The molecule has 1 aromatic rings. The van der Waals surface area contributed by atoms with Gasteiger partial charge in [0.25, 0.3) is 0 Å². The lowest BCUT2D eigenvalue weighted by Gasteiger charge is -2.20. The van der Waals surface area contributed by atoms with Crippen LogP contribution in [-0.2, 0) is 10.0 Å². The van der Waals surface area contributed by atoms with Gasteiger partial charge >= 0.3 is 0 Å². The van der Waals surface area contributed by atoms with E-state index in [0.29, 0.717) is 25.1 Å². The molecule has 0 bridgehead atoms. The molecule has 1 heterocycles. The maximum absolute atomic E-state index is 11.0. The molecule has 136 valence electrons. The van der Waals surface area contributed by atoms with Crippen LogP contribution >= 0.6 is 24.0 Å². The zero-order valence-corrected chi connectivity index (χ0v) is 17.2. The highest BCUT2D eigenvalue weighted by atomic mass is 127. The number of nitrogens with zero attached hydrogens (tertiary/aromatic N) is 2. The number of para-hydroxylation sites is 1. The number of rotatable bonds is 6. The van der Waals surface area contributed by atoms with E-state index in [2.05, 4.69) is 37.4 Å². The number of halogens is 1. The van der Waals surface area contributed by atoms with Gasteiger partial charge in [-0.3, -0.25) is 4.99 Å². The quantitative estimate of drug-likeness (QED) is 0.247. The fourth-order valence-corrected chi connectivity index (χ4v) is 3.03. The molecule has 0 aliphatic carbocycles. The molecule has 1 aliphatic heterocycles. The van der Waals surface area contributed by atoms with Crippen molar-refractivity contribution in [3.8, 4) is 0 Å². The van der Waals surface area contributed by atoms with Crippen molar-refractivity contribution >= 4 is 45.6 Å². The van der Waals surface area contributed by atoms with Crippen molar-refractivity contribution in [3.05, 3.63) is 30.3 Å². The third-order valence-electron chi connectivity index (χ3n) is 3.66. The molecule has 0 spiro atoms. The molecule has 7 nitrogen and oxygen atoms in total.